The van der Waals surface area contributed by atoms with Gasteiger partial charge in [-0.3, -0.25) is 13.9 Å². The number of carbonyl (C=O) groups excluding carboxylic acids is 1. The van der Waals surface area contributed by atoms with E-state index in [2.05, 4.69) is 24.8 Å². The van der Waals surface area contributed by atoms with E-state index >= 15 is 4.39 Å². The molecular weight excluding hydrogens is 510 g/mol. The molecule has 1 aromatic carbocycles. The van der Waals surface area contributed by atoms with E-state index < -0.39 is 37.8 Å². The van der Waals surface area contributed by atoms with Crippen LogP contribution in [0.3, 0.4) is 0 Å². The number of esters is 1. The second kappa shape index (κ2) is 10.6. The molecule has 0 radical (unpaired) electrons. The molecule has 0 spiro atoms. The summed E-state index contributed by atoms with van der Waals surface area (Å²) in [6.45, 7) is 2.50. The molecule has 0 aliphatic carbocycles. The first-order chi connectivity index (χ1) is 17.5. The maximum absolute atomic E-state index is 15.7. The Morgan fingerprint density at radius 3 is 2.76 bits per heavy atom. The van der Waals surface area contributed by atoms with Crippen LogP contribution in [0.15, 0.2) is 36.7 Å². The number of nitrogens with two attached hydrogens (primary N) is 1. The summed E-state index contributed by atoms with van der Waals surface area (Å²) in [6, 6.07) is 7.26. The Labute approximate surface area is 212 Å². The minimum absolute atomic E-state index is 0.0747. The van der Waals surface area contributed by atoms with Gasteiger partial charge in [0.1, 0.15) is 11.8 Å². The summed E-state index contributed by atoms with van der Waals surface area (Å²) < 4.78 is 57.7. The molecule has 1 saturated heterocycles. The van der Waals surface area contributed by atoms with Crippen molar-refractivity contribution in [3.8, 4) is 11.6 Å². The first kappa shape index (κ1) is 26.7. The van der Waals surface area contributed by atoms with E-state index in [1.165, 1.54) is 39.0 Å². The molecule has 0 amide bonds. The Bertz CT molecular complexity index is 1310. The molecule has 3 heterocycles. The molecule has 1 fully saturated rings. The largest absolute Gasteiger partial charge is 0.479 e. The summed E-state index contributed by atoms with van der Waals surface area (Å²) in [6.07, 6.45) is -0.730. The Morgan fingerprint density at radius 2 is 2.08 bits per heavy atom. The van der Waals surface area contributed by atoms with Gasteiger partial charge in [-0.25, -0.2) is 13.9 Å². The summed E-state index contributed by atoms with van der Waals surface area (Å²) in [5.74, 6) is -0.358. The van der Waals surface area contributed by atoms with Gasteiger partial charge in [-0.1, -0.05) is 18.2 Å². The minimum atomic E-state index is -4.12. The lowest BCUT2D eigenvalue weighted by Gasteiger charge is -2.24. The van der Waals surface area contributed by atoms with Crippen LogP contribution >= 0.6 is 7.75 Å². The van der Waals surface area contributed by atoms with Crippen molar-refractivity contribution >= 4 is 30.8 Å². The Kier molecular flexibility index (Phi) is 7.64. The summed E-state index contributed by atoms with van der Waals surface area (Å²) in [5, 5.41) is 2.55. The number of nitrogens with one attached hydrogen (secondary N) is 1. The lowest BCUT2D eigenvalue weighted by Crippen LogP contribution is -2.35. The molecule has 13 nitrogen and oxygen atoms in total. The average molecular weight is 538 g/mol. The monoisotopic (exact) mass is 538 g/mol. The number of fused-ring (bicyclic) bond motifs is 1. The Morgan fingerprint density at radius 1 is 1.35 bits per heavy atom. The van der Waals surface area contributed by atoms with Gasteiger partial charge in [0.05, 0.1) is 33.3 Å². The van der Waals surface area contributed by atoms with Crippen LogP contribution in [0.25, 0.3) is 11.2 Å². The molecule has 200 valence electrons. The lowest BCUT2D eigenvalue weighted by molar-refractivity contribution is -0.142. The van der Waals surface area contributed by atoms with E-state index in [1.54, 1.807) is 30.3 Å². The molecule has 2 aromatic heterocycles. The van der Waals surface area contributed by atoms with Gasteiger partial charge in [-0.2, -0.15) is 15.1 Å². The van der Waals surface area contributed by atoms with E-state index in [1.807, 2.05) is 0 Å². The van der Waals surface area contributed by atoms with Gasteiger partial charge in [0.15, 0.2) is 23.1 Å². The number of rotatable bonds is 10. The molecule has 0 saturated carbocycles. The van der Waals surface area contributed by atoms with Crippen molar-refractivity contribution in [1.82, 2.24) is 24.6 Å². The van der Waals surface area contributed by atoms with Crippen LogP contribution in [0.5, 0.6) is 11.6 Å². The van der Waals surface area contributed by atoms with Crippen molar-refractivity contribution in [2.45, 2.75) is 44.3 Å². The molecule has 4 rings (SSSR count). The molecule has 0 bridgehead atoms. The fraction of sp³-hybridized carbons (Fsp3) is 0.455. The fourth-order valence-electron chi connectivity index (χ4n) is 3.95. The number of halogens is 1. The number of ether oxygens (including phenoxy) is 3. The summed E-state index contributed by atoms with van der Waals surface area (Å²) in [4.78, 5) is 24.3. The minimum Gasteiger partial charge on any atom is -0.479 e. The van der Waals surface area contributed by atoms with Gasteiger partial charge < -0.3 is 24.5 Å². The number of nitrogen functional groups attached to an aromatic ring is 1. The summed E-state index contributed by atoms with van der Waals surface area (Å²) >= 11 is 0. The van der Waals surface area contributed by atoms with Crippen molar-refractivity contribution in [3.05, 3.63) is 36.7 Å². The quantitative estimate of drug-likeness (QED) is 0.287. The van der Waals surface area contributed by atoms with Crippen molar-refractivity contribution in [2.24, 2.45) is 0 Å². The van der Waals surface area contributed by atoms with Crippen LogP contribution in [0.1, 0.15) is 26.5 Å². The normalized spacial score (nSPS) is 23.9. The number of methoxy groups -OCH3 is 2. The van der Waals surface area contributed by atoms with E-state index in [0.717, 1.165) is 0 Å². The molecule has 15 heteroatoms. The van der Waals surface area contributed by atoms with Gasteiger partial charge in [0.25, 0.3) is 0 Å². The van der Waals surface area contributed by atoms with Gasteiger partial charge in [0, 0.05) is 6.42 Å². The highest BCUT2D eigenvalue weighted by molar-refractivity contribution is 7.52. The van der Waals surface area contributed by atoms with Gasteiger partial charge in [-0.15, -0.1) is 0 Å². The second-order valence-corrected chi connectivity index (χ2v) is 10.3. The second-order valence-electron chi connectivity index (χ2n) is 8.58. The van der Waals surface area contributed by atoms with Crippen LogP contribution in [0.4, 0.5) is 10.3 Å². The van der Waals surface area contributed by atoms with E-state index in [4.69, 9.17) is 24.3 Å². The average Bonchev–Trinajstić information content (AvgIpc) is 3.41. The number of anilines is 1. The molecule has 5 unspecified atom stereocenters. The first-order valence-corrected chi connectivity index (χ1v) is 12.8. The highest BCUT2D eigenvalue weighted by Crippen LogP contribution is 2.48. The Balaban J connectivity index is 1.53. The van der Waals surface area contributed by atoms with E-state index in [0.29, 0.717) is 0 Å². The highest BCUT2D eigenvalue weighted by Gasteiger charge is 2.48. The maximum Gasteiger partial charge on any atom is 0.459 e. The SMILES string of the molecule is COC(=O)C(C)NP(=O)(OCC1CC(C)(F)C(n2cnc3c(OC)nc(N)nc32)O1)Oc1ccccc1. The van der Waals surface area contributed by atoms with Crippen LogP contribution in [-0.2, 0) is 23.4 Å². The third-order valence-corrected chi connectivity index (χ3v) is 7.27. The number of benzene rings is 1. The molecule has 1 aliphatic rings. The van der Waals surface area contributed by atoms with E-state index in [9.17, 15) is 9.36 Å². The third-order valence-electron chi connectivity index (χ3n) is 5.62. The van der Waals surface area contributed by atoms with Gasteiger partial charge >= 0.3 is 13.7 Å². The maximum atomic E-state index is 15.7. The molecule has 5 atom stereocenters. The standard InChI is InChI=1S/C22H28FN6O7P/c1-13(19(30)33-4)28-37(31,36-14-8-6-5-7-9-14)34-11-15-10-22(2,23)20(35-15)29-12-25-16-17(29)26-21(24)27-18(16)32-3/h5-9,12-13,15,20H,10-11H2,1-4H3,(H,28,31)(H2,24,26,27). The number of para-hydroxylation sites is 1. The van der Waals surface area contributed by atoms with Crippen molar-refractivity contribution in [1.29, 1.82) is 0 Å². The van der Waals surface area contributed by atoms with E-state index in [-0.39, 0.29) is 41.8 Å². The number of imidazole rings is 1. The van der Waals surface area contributed by atoms with Gasteiger partial charge in [0.2, 0.25) is 11.8 Å². The number of hydrogen-bond donors (Lipinski definition) is 2. The van der Waals surface area contributed by atoms with Crippen LogP contribution in [0.2, 0.25) is 0 Å². The summed E-state index contributed by atoms with van der Waals surface area (Å²) in [7, 11) is -1.51. The van der Waals surface area contributed by atoms with Crippen LogP contribution in [-0.4, -0.2) is 64.1 Å². The van der Waals surface area contributed by atoms with Crippen molar-refractivity contribution in [2.75, 3.05) is 26.6 Å². The highest BCUT2D eigenvalue weighted by atomic mass is 31.2. The van der Waals surface area contributed by atoms with Crippen molar-refractivity contribution in [3.63, 3.8) is 0 Å². The molecule has 1 aliphatic heterocycles. The zero-order valence-corrected chi connectivity index (χ0v) is 21.6. The smallest absolute Gasteiger partial charge is 0.459 e. The number of hydrogen-bond acceptors (Lipinski definition) is 11. The number of nitrogens with zero attached hydrogens (tertiary/aromatic N) is 4. The number of alkyl halides is 1. The first-order valence-electron chi connectivity index (χ1n) is 11.3. The fourth-order valence-corrected chi connectivity index (χ4v) is 5.47. The zero-order valence-electron chi connectivity index (χ0n) is 20.7. The Hall–Kier alpha value is -3.32. The predicted molar refractivity (Wildman–Crippen MR) is 130 cm³/mol. The van der Waals surface area contributed by atoms with Crippen molar-refractivity contribution < 1.29 is 37.0 Å². The molecular formula is C22H28FN6O7P. The van der Waals surface area contributed by atoms with Crippen LogP contribution in [0, 0.1) is 0 Å². The topological polar surface area (TPSA) is 162 Å². The lowest BCUT2D eigenvalue weighted by atomic mass is 10.0. The van der Waals surface area contributed by atoms with Gasteiger partial charge in [-0.05, 0) is 26.0 Å². The summed E-state index contributed by atoms with van der Waals surface area (Å²) in [5.41, 5.74) is 4.40. The molecule has 37 heavy (non-hydrogen) atoms. The van der Waals surface area contributed by atoms with Crippen LogP contribution < -0.4 is 20.1 Å². The number of carbonyl (C=O) groups is 1. The number of aromatic nitrogens is 4. The molecule has 3 N–H and O–H groups in total. The molecule has 3 aromatic rings. The zero-order chi connectivity index (χ0) is 26.8. The predicted octanol–water partition coefficient (Wildman–Crippen LogP) is 2.79. The third kappa shape index (κ3) is 5.82.